The molecule has 3 heterocycles. The number of ether oxygens (including phenoxy) is 1. The normalized spacial score (nSPS) is 16.4. The lowest BCUT2D eigenvalue weighted by atomic mass is 10.3. The monoisotopic (exact) mass is 308 g/mol. The highest BCUT2D eigenvalue weighted by atomic mass is 32.2. The van der Waals surface area contributed by atoms with Crippen LogP contribution in [0.1, 0.15) is 6.42 Å². The molecule has 0 aliphatic carbocycles. The van der Waals surface area contributed by atoms with E-state index >= 15 is 0 Å². The third-order valence-corrected chi connectivity index (χ3v) is 4.25. The van der Waals surface area contributed by atoms with Gasteiger partial charge in [-0.25, -0.2) is 9.97 Å². The minimum Gasteiger partial charge on any atom is -0.379 e. The first-order valence-electron chi connectivity index (χ1n) is 7.15. The first kappa shape index (κ1) is 14.6. The maximum atomic E-state index is 5.35. The zero-order valence-corrected chi connectivity index (χ0v) is 12.9. The van der Waals surface area contributed by atoms with Gasteiger partial charge in [-0.1, -0.05) is 0 Å². The quantitative estimate of drug-likeness (QED) is 0.613. The Bertz CT molecular complexity index is 583. The smallest absolute Gasteiger partial charge is 0.161 e. The second-order valence-corrected chi connectivity index (χ2v) is 5.71. The molecule has 1 aliphatic heterocycles. The molecule has 0 aromatic carbocycles. The van der Waals surface area contributed by atoms with Gasteiger partial charge in [0.15, 0.2) is 5.65 Å². The predicted octanol–water partition coefficient (Wildman–Crippen LogP) is 1.21. The molecule has 3 rings (SSSR count). The van der Waals surface area contributed by atoms with Crippen LogP contribution in [0.2, 0.25) is 0 Å². The average Bonchev–Trinajstić information content (AvgIpc) is 2.96. The van der Waals surface area contributed by atoms with Crippen molar-refractivity contribution in [2.24, 2.45) is 0 Å². The van der Waals surface area contributed by atoms with Crippen molar-refractivity contribution >= 4 is 28.6 Å². The molecule has 0 unspecified atom stereocenters. The molecular formula is C13H20N6OS. The fourth-order valence-corrected chi connectivity index (χ4v) is 2.98. The Kier molecular flexibility index (Phi) is 4.89. The number of rotatable bonds is 6. The van der Waals surface area contributed by atoms with E-state index in [0.717, 1.165) is 67.7 Å². The highest BCUT2D eigenvalue weighted by Gasteiger charge is 2.12. The van der Waals surface area contributed by atoms with Crippen molar-refractivity contribution in [1.29, 1.82) is 0 Å². The molecule has 8 heteroatoms. The van der Waals surface area contributed by atoms with Crippen LogP contribution in [0, 0.1) is 0 Å². The highest BCUT2D eigenvalue weighted by molar-refractivity contribution is 7.98. The number of hydrogen-bond acceptors (Lipinski definition) is 7. The molecule has 1 saturated heterocycles. The summed E-state index contributed by atoms with van der Waals surface area (Å²) in [5.74, 6) is 0.861. The summed E-state index contributed by atoms with van der Waals surface area (Å²) in [4.78, 5) is 11.0. The second-order valence-electron chi connectivity index (χ2n) is 4.91. The predicted molar refractivity (Wildman–Crippen MR) is 83.8 cm³/mol. The standard InChI is InChI=1S/C13H20N6OS/c1-21-13-10-11(15-9-16-12(10)17-18-13)14-3-2-4-19-5-7-20-8-6-19/h9H,2-8H2,1H3,(H2,14,15,16,17,18). The molecule has 7 nitrogen and oxygen atoms in total. The van der Waals surface area contributed by atoms with E-state index in [9.17, 15) is 0 Å². The zero-order valence-electron chi connectivity index (χ0n) is 12.1. The summed E-state index contributed by atoms with van der Waals surface area (Å²) in [6.45, 7) is 5.76. The molecule has 0 saturated carbocycles. The minimum absolute atomic E-state index is 0.782. The van der Waals surface area contributed by atoms with Gasteiger partial charge in [-0.2, -0.15) is 5.10 Å². The molecule has 2 aromatic rings. The number of fused-ring (bicyclic) bond motifs is 1. The number of H-pyrrole nitrogens is 1. The van der Waals surface area contributed by atoms with E-state index in [1.54, 1.807) is 18.1 Å². The Morgan fingerprint density at radius 3 is 3.05 bits per heavy atom. The van der Waals surface area contributed by atoms with Gasteiger partial charge in [-0.05, 0) is 19.2 Å². The first-order valence-corrected chi connectivity index (χ1v) is 8.38. The van der Waals surface area contributed by atoms with Gasteiger partial charge in [0.2, 0.25) is 0 Å². The minimum atomic E-state index is 0.782. The van der Waals surface area contributed by atoms with Gasteiger partial charge in [-0.3, -0.25) is 10.00 Å². The topological polar surface area (TPSA) is 79.0 Å². The number of nitrogens with zero attached hydrogens (tertiary/aromatic N) is 4. The Hall–Kier alpha value is -1.38. The van der Waals surface area contributed by atoms with Crippen LogP contribution < -0.4 is 5.32 Å². The molecule has 2 N–H and O–H groups in total. The molecule has 21 heavy (non-hydrogen) atoms. The van der Waals surface area contributed by atoms with Gasteiger partial charge in [0, 0.05) is 19.6 Å². The fourth-order valence-electron chi connectivity index (χ4n) is 2.45. The first-order chi connectivity index (χ1) is 10.4. The number of nitrogens with one attached hydrogen (secondary N) is 2. The van der Waals surface area contributed by atoms with Crippen LogP contribution in [0.4, 0.5) is 5.82 Å². The number of aromatic nitrogens is 4. The third-order valence-electron chi connectivity index (χ3n) is 3.57. The van der Waals surface area contributed by atoms with E-state index in [0.29, 0.717) is 0 Å². The molecule has 0 amide bonds. The van der Waals surface area contributed by atoms with E-state index < -0.39 is 0 Å². The molecule has 1 fully saturated rings. The maximum absolute atomic E-state index is 5.35. The van der Waals surface area contributed by atoms with Crippen molar-refractivity contribution < 1.29 is 4.74 Å². The molecule has 1 aliphatic rings. The lowest BCUT2D eigenvalue weighted by molar-refractivity contribution is 0.0378. The highest BCUT2D eigenvalue weighted by Crippen LogP contribution is 2.27. The molecule has 0 spiro atoms. The van der Waals surface area contributed by atoms with Crippen LogP contribution in [0.15, 0.2) is 11.4 Å². The van der Waals surface area contributed by atoms with Gasteiger partial charge >= 0.3 is 0 Å². The summed E-state index contributed by atoms with van der Waals surface area (Å²) < 4.78 is 5.35. The van der Waals surface area contributed by atoms with Crippen LogP contribution in [0.25, 0.3) is 11.0 Å². The fraction of sp³-hybridized carbons (Fsp3) is 0.615. The van der Waals surface area contributed by atoms with Crippen LogP contribution in [0.5, 0.6) is 0 Å². The molecule has 2 aromatic heterocycles. The van der Waals surface area contributed by atoms with Crippen LogP contribution in [-0.2, 0) is 4.74 Å². The van der Waals surface area contributed by atoms with Gasteiger partial charge in [0.05, 0.1) is 18.6 Å². The van der Waals surface area contributed by atoms with Crippen LogP contribution in [-0.4, -0.2) is 70.7 Å². The summed E-state index contributed by atoms with van der Waals surface area (Å²) in [7, 11) is 0. The van der Waals surface area contributed by atoms with Gasteiger partial charge in [0.25, 0.3) is 0 Å². The van der Waals surface area contributed by atoms with Gasteiger partial charge < -0.3 is 10.1 Å². The van der Waals surface area contributed by atoms with Crippen LogP contribution in [0.3, 0.4) is 0 Å². The number of hydrogen-bond donors (Lipinski definition) is 2. The summed E-state index contributed by atoms with van der Waals surface area (Å²) >= 11 is 1.60. The second kappa shape index (κ2) is 7.06. The third kappa shape index (κ3) is 3.45. The Morgan fingerprint density at radius 2 is 2.24 bits per heavy atom. The maximum Gasteiger partial charge on any atom is 0.161 e. The van der Waals surface area contributed by atoms with Gasteiger partial charge in [0.1, 0.15) is 17.2 Å². The Balaban J connectivity index is 1.56. The SMILES string of the molecule is CSc1n[nH]c2ncnc(NCCCN3CCOCC3)c12. The summed E-state index contributed by atoms with van der Waals surface area (Å²) in [5.41, 5.74) is 0.782. The molecule has 0 bridgehead atoms. The van der Waals surface area contributed by atoms with Crippen molar-refractivity contribution in [3.63, 3.8) is 0 Å². The molecule has 0 radical (unpaired) electrons. The van der Waals surface area contributed by atoms with E-state index in [2.05, 4.69) is 30.4 Å². The Morgan fingerprint density at radius 1 is 1.38 bits per heavy atom. The van der Waals surface area contributed by atoms with Crippen LogP contribution >= 0.6 is 11.8 Å². The summed E-state index contributed by atoms with van der Waals surface area (Å²) in [5, 5.41) is 12.5. The lowest BCUT2D eigenvalue weighted by Crippen LogP contribution is -2.37. The molecule has 114 valence electrons. The number of aromatic amines is 1. The summed E-state index contributed by atoms with van der Waals surface area (Å²) in [6.07, 6.45) is 4.65. The molecular weight excluding hydrogens is 288 g/mol. The van der Waals surface area contributed by atoms with Gasteiger partial charge in [-0.15, -0.1) is 11.8 Å². The summed E-state index contributed by atoms with van der Waals surface area (Å²) in [6, 6.07) is 0. The number of thioether (sulfide) groups is 1. The number of anilines is 1. The van der Waals surface area contributed by atoms with E-state index in [-0.39, 0.29) is 0 Å². The van der Waals surface area contributed by atoms with Crippen molar-refractivity contribution in [3.8, 4) is 0 Å². The van der Waals surface area contributed by atoms with Crippen molar-refractivity contribution in [3.05, 3.63) is 6.33 Å². The average molecular weight is 308 g/mol. The number of morpholine rings is 1. The van der Waals surface area contributed by atoms with E-state index in [1.165, 1.54) is 0 Å². The lowest BCUT2D eigenvalue weighted by Gasteiger charge is -2.26. The van der Waals surface area contributed by atoms with E-state index in [1.807, 2.05) is 6.26 Å². The molecule has 0 atom stereocenters. The van der Waals surface area contributed by atoms with Crippen molar-refractivity contribution in [1.82, 2.24) is 25.1 Å². The van der Waals surface area contributed by atoms with Crippen molar-refractivity contribution in [2.75, 3.05) is 51.0 Å². The largest absolute Gasteiger partial charge is 0.379 e. The Labute approximate surface area is 127 Å². The zero-order chi connectivity index (χ0) is 14.5. The van der Waals surface area contributed by atoms with Crippen molar-refractivity contribution in [2.45, 2.75) is 11.4 Å². The van der Waals surface area contributed by atoms with E-state index in [4.69, 9.17) is 4.74 Å².